The van der Waals surface area contributed by atoms with Crippen LogP contribution in [0.25, 0.3) is 0 Å². The largest absolute Gasteiger partial charge is 0.390 e. The van der Waals surface area contributed by atoms with Crippen molar-refractivity contribution in [2.45, 2.75) is 37.3 Å². The molecule has 3 aromatic carbocycles. The molecule has 0 radical (unpaired) electrons. The van der Waals surface area contributed by atoms with E-state index in [-0.39, 0.29) is 41.5 Å². The summed E-state index contributed by atoms with van der Waals surface area (Å²) in [4.78, 5) is 39.6. The van der Waals surface area contributed by atoms with Gasteiger partial charge in [-0.3, -0.25) is 19.3 Å². The average Bonchev–Trinajstić information content (AvgIpc) is 3.17. The molecule has 2 atom stereocenters. The smallest absolute Gasteiger partial charge is 0.262 e. The van der Waals surface area contributed by atoms with E-state index in [1.54, 1.807) is 24.3 Å². The molecule has 0 saturated carbocycles. The number of aliphatic hydroxyl groups excluding tert-OH is 1. The normalized spacial score (nSPS) is 14.8. The number of fused-ring (bicyclic) bond motifs is 1. The number of benzene rings is 3. The molecule has 0 bridgehead atoms. The lowest BCUT2D eigenvalue weighted by Gasteiger charge is -2.31. The van der Waals surface area contributed by atoms with Gasteiger partial charge in [-0.2, -0.15) is 4.31 Å². The van der Waals surface area contributed by atoms with Crippen LogP contribution >= 0.6 is 15.9 Å². The number of sulfonamides is 1. The minimum atomic E-state index is -3.96. The molecule has 0 unspecified atom stereocenters. The highest BCUT2D eigenvalue weighted by Gasteiger charge is 2.37. The van der Waals surface area contributed by atoms with Crippen molar-refractivity contribution in [3.63, 3.8) is 0 Å². The Morgan fingerprint density at radius 1 is 0.902 bits per heavy atom. The quantitative estimate of drug-likeness (QED) is 0.292. The molecule has 216 valence electrons. The molecule has 2 N–H and O–H groups in total. The van der Waals surface area contributed by atoms with Gasteiger partial charge in [-0.05, 0) is 54.3 Å². The molecule has 3 aromatic rings. The Morgan fingerprint density at radius 3 is 2.02 bits per heavy atom. The van der Waals surface area contributed by atoms with Crippen LogP contribution in [0.4, 0.5) is 0 Å². The summed E-state index contributed by atoms with van der Waals surface area (Å²) < 4.78 is 29.1. The number of nitrogens with one attached hydrogen (secondary N) is 1. The van der Waals surface area contributed by atoms with Crippen molar-refractivity contribution in [3.8, 4) is 0 Å². The van der Waals surface area contributed by atoms with E-state index in [4.69, 9.17) is 0 Å². The number of nitrogens with zero attached hydrogens (tertiary/aromatic N) is 2. The van der Waals surface area contributed by atoms with Gasteiger partial charge >= 0.3 is 0 Å². The van der Waals surface area contributed by atoms with Gasteiger partial charge in [0.05, 0.1) is 28.2 Å². The van der Waals surface area contributed by atoms with Crippen LogP contribution in [0, 0.1) is 5.92 Å². The molecule has 0 fully saturated rings. The van der Waals surface area contributed by atoms with E-state index in [9.17, 15) is 27.9 Å². The minimum absolute atomic E-state index is 0.0385. The molecule has 0 saturated heterocycles. The van der Waals surface area contributed by atoms with Crippen molar-refractivity contribution in [1.82, 2.24) is 14.5 Å². The van der Waals surface area contributed by atoms with Crippen molar-refractivity contribution >= 4 is 43.7 Å². The number of carbonyl (C=O) groups is 3. The Bertz CT molecular complexity index is 1480. The van der Waals surface area contributed by atoms with Gasteiger partial charge in [-0.1, -0.05) is 72.2 Å². The number of halogens is 1. The fourth-order valence-electron chi connectivity index (χ4n) is 4.70. The third-order valence-electron chi connectivity index (χ3n) is 6.70. The molecular weight excluding hydrogens is 610 g/mol. The van der Waals surface area contributed by atoms with Crippen molar-refractivity contribution in [2.24, 2.45) is 5.92 Å². The number of carbonyl (C=O) groups excluding carboxylic acids is 3. The van der Waals surface area contributed by atoms with E-state index in [1.807, 2.05) is 44.2 Å². The molecule has 1 aliphatic heterocycles. The maximum Gasteiger partial charge on any atom is 0.262 e. The summed E-state index contributed by atoms with van der Waals surface area (Å²) in [6.07, 6.45) is -1.10. The fraction of sp³-hybridized carbons (Fsp3) is 0.300. The number of hydrogen-bond acceptors (Lipinski definition) is 6. The van der Waals surface area contributed by atoms with Gasteiger partial charge in [-0.15, -0.1) is 0 Å². The first-order chi connectivity index (χ1) is 19.5. The Balaban J connectivity index is 1.55. The third-order valence-corrected chi connectivity index (χ3v) is 9.07. The molecule has 3 amide bonds. The van der Waals surface area contributed by atoms with Gasteiger partial charge in [-0.25, -0.2) is 8.42 Å². The molecule has 0 aromatic heterocycles. The minimum Gasteiger partial charge on any atom is -0.390 e. The second kappa shape index (κ2) is 13.1. The van der Waals surface area contributed by atoms with Gasteiger partial charge in [0.2, 0.25) is 15.9 Å². The van der Waals surface area contributed by atoms with E-state index < -0.39 is 46.4 Å². The third kappa shape index (κ3) is 7.28. The number of amides is 3. The summed E-state index contributed by atoms with van der Waals surface area (Å²) in [5, 5.41) is 14.1. The second-order valence-electron chi connectivity index (χ2n) is 10.3. The van der Waals surface area contributed by atoms with Gasteiger partial charge in [0.1, 0.15) is 6.54 Å². The van der Waals surface area contributed by atoms with E-state index in [2.05, 4.69) is 21.2 Å². The second-order valence-corrected chi connectivity index (χ2v) is 13.2. The zero-order valence-corrected chi connectivity index (χ0v) is 25.1. The van der Waals surface area contributed by atoms with Crippen LogP contribution in [-0.2, 0) is 21.2 Å². The highest BCUT2D eigenvalue weighted by molar-refractivity contribution is 9.10. The monoisotopic (exact) mass is 641 g/mol. The number of aliphatic hydroxyl groups is 1. The maximum absolute atomic E-state index is 13.6. The Morgan fingerprint density at radius 2 is 1.46 bits per heavy atom. The molecule has 0 spiro atoms. The standard InChI is InChI=1S/C30H32BrN3O6S/c1-20(2)17-33(41(39,40)23-14-12-22(31)13-15-23)18-27(35)26(16-21-8-4-3-5-9-21)32-28(36)19-34-29(37)24-10-6-7-11-25(24)30(34)38/h3-15,20,26-27,35H,16-19H2,1-2H3,(H,32,36)/t26-,27+/m0/s1. The average molecular weight is 643 g/mol. The lowest BCUT2D eigenvalue weighted by Crippen LogP contribution is -2.53. The fourth-order valence-corrected chi connectivity index (χ4v) is 6.59. The molecular formula is C30H32BrN3O6S. The highest BCUT2D eigenvalue weighted by Crippen LogP contribution is 2.23. The van der Waals surface area contributed by atoms with Gasteiger partial charge < -0.3 is 10.4 Å². The van der Waals surface area contributed by atoms with E-state index in [0.29, 0.717) is 0 Å². The summed E-state index contributed by atoms with van der Waals surface area (Å²) in [7, 11) is -3.96. The molecule has 1 aliphatic rings. The molecule has 11 heteroatoms. The van der Waals surface area contributed by atoms with E-state index >= 15 is 0 Å². The first kappa shape index (κ1) is 30.6. The van der Waals surface area contributed by atoms with Crippen LogP contribution in [0.5, 0.6) is 0 Å². The molecule has 1 heterocycles. The maximum atomic E-state index is 13.6. The first-order valence-corrected chi connectivity index (χ1v) is 15.4. The van der Waals surface area contributed by atoms with E-state index in [1.165, 1.54) is 28.6 Å². The Hall–Kier alpha value is -3.38. The van der Waals surface area contributed by atoms with Gasteiger partial charge in [0.15, 0.2) is 0 Å². The van der Waals surface area contributed by atoms with Crippen molar-refractivity contribution in [3.05, 3.63) is 100 Å². The van der Waals surface area contributed by atoms with Gasteiger partial charge in [0.25, 0.3) is 11.8 Å². The highest BCUT2D eigenvalue weighted by atomic mass is 79.9. The van der Waals surface area contributed by atoms with Gasteiger partial charge in [0, 0.05) is 17.6 Å². The van der Waals surface area contributed by atoms with Crippen LogP contribution < -0.4 is 5.32 Å². The lowest BCUT2D eigenvalue weighted by molar-refractivity contribution is -0.123. The van der Waals surface area contributed by atoms with Crippen LogP contribution in [0.1, 0.15) is 40.1 Å². The summed E-state index contributed by atoms with van der Waals surface area (Å²) in [6.45, 7) is 3.10. The predicted octanol–water partition coefficient (Wildman–Crippen LogP) is 3.48. The number of rotatable bonds is 12. The van der Waals surface area contributed by atoms with Crippen molar-refractivity contribution in [2.75, 3.05) is 19.6 Å². The van der Waals surface area contributed by atoms with Crippen LogP contribution in [0.15, 0.2) is 88.2 Å². The Kier molecular flexibility index (Phi) is 9.75. The lowest BCUT2D eigenvalue weighted by atomic mass is 10.0. The zero-order chi connectivity index (χ0) is 29.7. The topological polar surface area (TPSA) is 124 Å². The predicted molar refractivity (Wildman–Crippen MR) is 158 cm³/mol. The summed E-state index contributed by atoms with van der Waals surface area (Å²) >= 11 is 3.32. The molecule has 9 nitrogen and oxygen atoms in total. The van der Waals surface area contributed by atoms with Crippen LogP contribution in [0.2, 0.25) is 0 Å². The van der Waals surface area contributed by atoms with Crippen LogP contribution in [0.3, 0.4) is 0 Å². The van der Waals surface area contributed by atoms with Crippen LogP contribution in [-0.4, -0.2) is 72.2 Å². The SMILES string of the molecule is CC(C)CN(C[C@@H](O)[C@H](Cc1ccccc1)NC(=O)CN1C(=O)c2ccccc2C1=O)S(=O)(=O)c1ccc(Br)cc1. The Labute approximate surface area is 248 Å². The summed E-state index contributed by atoms with van der Waals surface area (Å²) in [5.74, 6) is -1.82. The summed E-state index contributed by atoms with van der Waals surface area (Å²) in [5.41, 5.74) is 1.27. The number of hydrogen-bond donors (Lipinski definition) is 2. The number of imide groups is 1. The van der Waals surface area contributed by atoms with Crippen molar-refractivity contribution in [1.29, 1.82) is 0 Å². The molecule has 0 aliphatic carbocycles. The first-order valence-electron chi connectivity index (χ1n) is 13.2. The summed E-state index contributed by atoms with van der Waals surface area (Å²) in [6, 6.07) is 20.8. The molecule has 41 heavy (non-hydrogen) atoms. The van der Waals surface area contributed by atoms with E-state index in [0.717, 1.165) is 14.9 Å². The molecule has 4 rings (SSSR count). The van der Waals surface area contributed by atoms with Crippen molar-refractivity contribution < 1.29 is 27.9 Å². The zero-order valence-electron chi connectivity index (χ0n) is 22.7.